The number of nitrogens with zero attached hydrogens (tertiary/aromatic N) is 6. The molecule has 8 nitrogen and oxygen atoms in total. The van der Waals surface area contributed by atoms with Gasteiger partial charge >= 0.3 is 0 Å². The molecule has 0 spiro atoms. The van der Waals surface area contributed by atoms with Crippen LogP contribution in [0.5, 0.6) is 5.88 Å². The minimum absolute atomic E-state index is 0.205. The standard InChI is InChI=1S/C10H13N7O/c1-18-9-4-7(13-10(11)14-9)16-2-3-17-6-12-15-8(17)5-16/h4,6H,2-3,5H2,1H3,(H2,11,13,14). The lowest BCUT2D eigenvalue weighted by Gasteiger charge is -2.28. The van der Waals surface area contributed by atoms with Crippen LogP contribution < -0.4 is 15.4 Å². The summed E-state index contributed by atoms with van der Waals surface area (Å²) in [5.74, 6) is 2.33. The molecule has 0 saturated heterocycles. The van der Waals surface area contributed by atoms with Gasteiger partial charge in [0.05, 0.1) is 13.7 Å². The number of hydrogen-bond acceptors (Lipinski definition) is 7. The van der Waals surface area contributed by atoms with Crippen LogP contribution in [-0.4, -0.2) is 38.4 Å². The molecule has 18 heavy (non-hydrogen) atoms. The first-order valence-electron chi connectivity index (χ1n) is 5.56. The highest BCUT2D eigenvalue weighted by molar-refractivity contribution is 5.45. The summed E-state index contributed by atoms with van der Waals surface area (Å²) in [7, 11) is 1.55. The number of anilines is 2. The molecule has 1 aliphatic heterocycles. The molecule has 2 N–H and O–H groups in total. The maximum absolute atomic E-state index is 5.65. The number of rotatable bonds is 2. The van der Waals surface area contributed by atoms with Gasteiger partial charge in [0.15, 0.2) is 5.82 Å². The maximum Gasteiger partial charge on any atom is 0.225 e. The number of nitrogens with two attached hydrogens (primary N) is 1. The van der Waals surface area contributed by atoms with Gasteiger partial charge in [-0.15, -0.1) is 10.2 Å². The minimum Gasteiger partial charge on any atom is -0.481 e. The van der Waals surface area contributed by atoms with Gasteiger partial charge in [0.25, 0.3) is 0 Å². The third-order valence-corrected chi connectivity index (χ3v) is 2.88. The molecule has 0 radical (unpaired) electrons. The minimum atomic E-state index is 0.205. The van der Waals surface area contributed by atoms with Crippen molar-refractivity contribution in [1.82, 2.24) is 24.7 Å². The number of ether oxygens (including phenoxy) is 1. The third-order valence-electron chi connectivity index (χ3n) is 2.88. The zero-order chi connectivity index (χ0) is 12.5. The van der Waals surface area contributed by atoms with Crippen LogP contribution >= 0.6 is 0 Å². The molecule has 0 aliphatic carbocycles. The van der Waals surface area contributed by atoms with Crippen molar-refractivity contribution in [2.24, 2.45) is 0 Å². The largest absolute Gasteiger partial charge is 0.481 e. The van der Waals surface area contributed by atoms with Crippen molar-refractivity contribution in [3.8, 4) is 5.88 Å². The fourth-order valence-corrected chi connectivity index (χ4v) is 1.96. The number of fused-ring (bicyclic) bond motifs is 1. The number of nitrogen functional groups attached to an aromatic ring is 1. The van der Waals surface area contributed by atoms with Gasteiger partial charge in [-0.1, -0.05) is 0 Å². The Morgan fingerprint density at radius 3 is 3.06 bits per heavy atom. The molecule has 2 aromatic rings. The molecule has 8 heteroatoms. The van der Waals surface area contributed by atoms with Crippen molar-refractivity contribution in [2.45, 2.75) is 13.1 Å². The predicted molar refractivity (Wildman–Crippen MR) is 64.1 cm³/mol. The highest BCUT2D eigenvalue weighted by Crippen LogP contribution is 2.21. The summed E-state index contributed by atoms with van der Waals surface area (Å²) in [5, 5.41) is 7.95. The van der Waals surface area contributed by atoms with Crippen LogP contribution in [0.2, 0.25) is 0 Å². The molecular formula is C10H13N7O. The molecule has 0 amide bonds. The Kier molecular flexibility index (Phi) is 2.47. The summed E-state index contributed by atoms with van der Waals surface area (Å²) in [5.41, 5.74) is 5.65. The average molecular weight is 247 g/mol. The number of hydrogen-bond donors (Lipinski definition) is 1. The zero-order valence-electron chi connectivity index (χ0n) is 9.94. The second kappa shape index (κ2) is 4.13. The van der Waals surface area contributed by atoms with E-state index < -0.39 is 0 Å². The van der Waals surface area contributed by atoms with E-state index in [-0.39, 0.29) is 5.95 Å². The quantitative estimate of drug-likeness (QED) is 0.776. The summed E-state index contributed by atoms with van der Waals surface area (Å²) in [6.45, 7) is 2.30. The van der Waals surface area contributed by atoms with Crippen molar-refractivity contribution in [3.05, 3.63) is 18.2 Å². The fraction of sp³-hybridized carbons (Fsp3) is 0.400. The summed E-state index contributed by atoms with van der Waals surface area (Å²) in [4.78, 5) is 10.3. The van der Waals surface area contributed by atoms with Gasteiger partial charge in [0.1, 0.15) is 12.1 Å². The first kappa shape index (κ1) is 10.8. The molecule has 2 aromatic heterocycles. The normalized spacial score (nSPS) is 14.4. The van der Waals surface area contributed by atoms with E-state index in [2.05, 4.69) is 25.1 Å². The molecule has 94 valence electrons. The molecule has 3 heterocycles. The Hall–Kier alpha value is -2.38. The first-order valence-corrected chi connectivity index (χ1v) is 5.56. The molecule has 0 fully saturated rings. The van der Waals surface area contributed by atoms with E-state index in [0.29, 0.717) is 12.4 Å². The van der Waals surface area contributed by atoms with E-state index in [1.54, 1.807) is 19.5 Å². The van der Waals surface area contributed by atoms with Gasteiger partial charge in [0.2, 0.25) is 11.8 Å². The zero-order valence-corrected chi connectivity index (χ0v) is 9.94. The lowest BCUT2D eigenvalue weighted by molar-refractivity contribution is 0.397. The Bertz CT molecular complexity index is 567. The molecule has 0 atom stereocenters. The lowest BCUT2D eigenvalue weighted by Crippen LogP contribution is -2.34. The van der Waals surface area contributed by atoms with Crippen molar-refractivity contribution < 1.29 is 4.74 Å². The van der Waals surface area contributed by atoms with E-state index in [0.717, 1.165) is 24.7 Å². The van der Waals surface area contributed by atoms with Crippen molar-refractivity contribution >= 4 is 11.8 Å². The van der Waals surface area contributed by atoms with E-state index >= 15 is 0 Å². The van der Waals surface area contributed by atoms with E-state index in [1.165, 1.54) is 0 Å². The Labute approximate surface area is 103 Å². The molecule has 0 saturated carbocycles. The van der Waals surface area contributed by atoms with Crippen LogP contribution in [0.1, 0.15) is 5.82 Å². The first-order chi connectivity index (χ1) is 8.76. The summed E-state index contributed by atoms with van der Waals surface area (Å²) in [6.07, 6.45) is 1.74. The molecule has 0 aromatic carbocycles. The van der Waals surface area contributed by atoms with Gasteiger partial charge in [-0.25, -0.2) is 0 Å². The van der Waals surface area contributed by atoms with Crippen LogP contribution in [0.25, 0.3) is 0 Å². The second-order valence-electron chi connectivity index (χ2n) is 3.99. The van der Waals surface area contributed by atoms with Crippen molar-refractivity contribution in [2.75, 3.05) is 24.3 Å². The van der Waals surface area contributed by atoms with Crippen molar-refractivity contribution in [1.29, 1.82) is 0 Å². The lowest BCUT2D eigenvalue weighted by atomic mass is 10.3. The molecule has 0 bridgehead atoms. The van der Waals surface area contributed by atoms with E-state index in [9.17, 15) is 0 Å². The van der Waals surface area contributed by atoms with Crippen LogP contribution in [-0.2, 0) is 13.1 Å². The number of aromatic nitrogens is 5. The van der Waals surface area contributed by atoms with E-state index in [4.69, 9.17) is 10.5 Å². The monoisotopic (exact) mass is 247 g/mol. The summed E-state index contributed by atoms with van der Waals surface area (Å²) >= 11 is 0. The fourth-order valence-electron chi connectivity index (χ4n) is 1.96. The number of methoxy groups -OCH3 is 1. The van der Waals surface area contributed by atoms with Crippen LogP contribution in [0.4, 0.5) is 11.8 Å². The third kappa shape index (κ3) is 1.81. The van der Waals surface area contributed by atoms with E-state index in [1.807, 2.05) is 4.57 Å². The Morgan fingerprint density at radius 2 is 2.22 bits per heavy atom. The predicted octanol–water partition coefficient (Wildman–Crippen LogP) is -0.321. The van der Waals surface area contributed by atoms with Crippen LogP contribution in [0.15, 0.2) is 12.4 Å². The molecule has 0 unspecified atom stereocenters. The van der Waals surface area contributed by atoms with Gasteiger partial charge < -0.3 is 19.9 Å². The summed E-state index contributed by atoms with van der Waals surface area (Å²) < 4.78 is 7.12. The van der Waals surface area contributed by atoms with Gasteiger partial charge in [-0.2, -0.15) is 9.97 Å². The van der Waals surface area contributed by atoms with Gasteiger partial charge in [-0.3, -0.25) is 0 Å². The smallest absolute Gasteiger partial charge is 0.225 e. The highest BCUT2D eigenvalue weighted by atomic mass is 16.5. The molecular weight excluding hydrogens is 234 g/mol. The second-order valence-corrected chi connectivity index (χ2v) is 3.99. The molecule has 3 rings (SSSR count). The summed E-state index contributed by atoms with van der Waals surface area (Å²) in [6, 6.07) is 1.77. The van der Waals surface area contributed by atoms with Crippen LogP contribution in [0, 0.1) is 0 Å². The maximum atomic E-state index is 5.65. The highest BCUT2D eigenvalue weighted by Gasteiger charge is 2.19. The van der Waals surface area contributed by atoms with Gasteiger partial charge in [0, 0.05) is 19.2 Å². The van der Waals surface area contributed by atoms with Crippen LogP contribution in [0.3, 0.4) is 0 Å². The SMILES string of the molecule is COc1cc(N2CCn3cnnc3C2)nc(N)n1. The van der Waals surface area contributed by atoms with Crippen molar-refractivity contribution in [3.63, 3.8) is 0 Å². The Balaban J connectivity index is 1.90. The topological polar surface area (TPSA) is 95.0 Å². The average Bonchev–Trinajstić information content (AvgIpc) is 2.85. The van der Waals surface area contributed by atoms with Gasteiger partial charge in [-0.05, 0) is 0 Å². The Morgan fingerprint density at radius 1 is 1.33 bits per heavy atom. The molecule has 1 aliphatic rings.